The van der Waals surface area contributed by atoms with Crippen LogP contribution < -0.4 is 0 Å². The zero-order chi connectivity index (χ0) is 19.8. The van der Waals surface area contributed by atoms with Crippen molar-refractivity contribution < 1.29 is 9.53 Å². The van der Waals surface area contributed by atoms with E-state index in [9.17, 15) is 4.79 Å². The number of hydrogen-bond donors (Lipinski definition) is 0. The zero-order valence-corrected chi connectivity index (χ0v) is 16.5. The maximum absolute atomic E-state index is 12.8. The van der Waals surface area contributed by atoms with Gasteiger partial charge in [0.1, 0.15) is 18.1 Å². The molecule has 1 aromatic carbocycles. The largest absolute Gasteiger partial charge is 0.371 e. The quantitative estimate of drug-likeness (QED) is 0.675. The van der Waals surface area contributed by atoms with Crippen molar-refractivity contribution in [3.05, 3.63) is 71.9 Å². The number of ether oxygens (including phenoxy) is 1. The van der Waals surface area contributed by atoms with Crippen molar-refractivity contribution in [3.8, 4) is 11.3 Å². The Bertz CT molecular complexity index is 1020. The predicted molar refractivity (Wildman–Crippen MR) is 109 cm³/mol. The fraction of sp³-hybridized carbons (Fsp3) is 0.348. The lowest BCUT2D eigenvalue weighted by Crippen LogP contribution is -2.52. The topological polar surface area (TPSA) is 60.2 Å². The van der Waals surface area contributed by atoms with Gasteiger partial charge in [-0.15, -0.1) is 0 Å². The summed E-state index contributed by atoms with van der Waals surface area (Å²) in [6, 6.07) is 14.0. The maximum atomic E-state index is 12.8. The lowest BCUT2D eigenvalue weighted by molar-refractivity contribution is -0.0276. The summed E-state index contributed by atoms with van der Waals surface area (Å²) in [7, 11) is 0. The van der Waals surface area contributed by atoms with Crippen molar-refractivity contribution in [2.24, 2.45) is 0 Å². The lowest BCUT2D eigenvalue weighted by atomic mass is 9.86. The number of fused-ring (bicyclic) bond motifs is 2. The Hall–Kier alpha value is -2.99. The molecule has 3 aromatic rings. The summed E-state index contributed by atoms with van der Waals surface area (Å²) in [5, 5.41) is 0. The number of pyridine rings is 1. The number of amides is 1. The standard InChI is InChI=1S/C23H24N4O2/c1-17-5-7-18(8-6-17)20-14-25-21-15-29-16-23(27(20)21)9-12-26(13-10-23)22(28)19-4-2-3-11-24-19/h2-8,11,14H,9-10,12-13,15-16H2,1H3. The second-order valence-electron chi connectivity index (χ2n) is 7.99. The third-order valence-corrected chi connectivity index (χ3v) is 6.12. The number of aromatic nitrogens is 3. The highest BCUT2D eigenvalue weighted by molar-refractivity contribution is 5.92. The van der Waals surface area contributed by atoms with Crippen LogP contribution >= 0.6 is 0 Å². The van der Waals surface area contributed by atoms with Gasteiger partial charge in [0, 0.05) is 19.3 Å². The molecule has 1 amide bonds. The normalized spacial score (nSPS) is 17.9. The molecule has 0 bridgehead atoms. The van der Waals surface area contributed by atoms with E-state index in [1.54, 1.807) is 12.3 Å². The number of nitrogens with zero attached hydrogens (tertiary/aromatic N) is 4. The number of imidazole rings is 1. The SMILES string of the molecule is Cc1ccc(-c2cnc3n2C2(CCN(C(=O)c4ccccn4)CC2)COC3)cc1. The summed E-state index contributed by atoms with van der Waals surface area (Å²) in [6.45, 7) is 4.65. The van der Waals surface area contributed by atoms with Gasteiger partial charge in [0.2, 0.25) is 0 Å². The molecule has 2 aliphatic heterocycles. The summed E-state index contributed by atoms with van der Waals surface area (Å²) in [5.74, 6) is 0.970. The van der Waals surface area contributed by atoms with E-state index < -0.39 is 0 Å². The number of carbonyl (C=O) groups excluding carboxylic acids is 1. The molecular weight excluding hydrogens is 364 g/mol. The van der Waals surface area contributed by atoms with Crippen LogP contribution in [0.5, 0.6) is 0 Å². The molecule has 0 N–H and O–H groups in total. The van der Waals surface area contributed by atoms with Crippen molar-refractivity contribution >= 4 is 5.91 Å². The Balaban J connectivity index is 1.43. The van der Waals surface area contributed by atoms with E-state index in [0.717, 1.165) is 24.4 Å². The van der Waals surface area contributed by atoms with Crippen molar-refractivity contribution in [2.75, 3.05) is 19.7 Å². The summed E-state index contributed by atoms with van der Waals surface area (Å²) < 4.78 is 8.32. The fourth-order valence-electron chi connectivity index (χ4n) is 4.49. The molecular formula is C23H24N4O2. The van der Waals surface area contributed by atoms with E-state index in [4.69, 9.17) is 4.74 Å². The molecule has 29 heavy (non-hydrogen) atoms. The molecule has 0 atom stereocenters. The van der Waals surface area contributed by atoms with Gasteiger partial charge in [-0.3, -0.25) is 9.78 Å². The van der Waals surface area contributed by atoms with Crippen LogP contribution in [0.3, 0.4) is 0 Å². The minimum absolute atomic E-state index is 0.00166. The molecule has 6 heteroatoms. The number of piperidine rings is 1. The molecule has 0 saturated carbocycles. The number of benzene rings is 1. The molecule has 6 nitrogen and oxygen atoms in total. The van der Waals surface area contributed by atoms with Gasteiger partial charge >= 0.3 is 0 Å². The summed E-state index contributed by atoms with van der Waals surface area (Å²) >= 11 is 0. The summed E-state index contributed by atoms with van der Waals surface area (Å²) in [6.07, 6.45) is 5.31. The third kappa shape index (κ3) is 3.13. The molecule has 0 unspecified atom stereocenters. The smallest absolute Gasteiger partial charge is 0.272 e. The Labute approximate surface area is 170 Å². The monoisotopic (exact) mass is 388 g/mol. The van der Waals surface area contributed by atoms with Gasteiger partial charge in [0.25, 0.3) is 5.91 Å². The Kier molecular flexibility index (Phi) is 4.43. The molecule has 5 rings (SSSR count). The molecule has 148 valence electrons. The van der Waals surface area contributed by atoms with Gasteiger partial charge in [-0.05, 0) is 37.5 Å². The highest BCUT2D eigenvalue weighted by atomic mass is 16.5. The number of carbonyl (C=O) groups is 1. The highest BCUT2D eigenvalue weighted by Gasteiger charge is 2.42. The molecule has 0 aliphatic carbocycles. The third-order valence-electron chi connectivity index (χ3n) is 6.12. The van der Waals surface area contributed by atoms with E-state index in [2.05, 4.69) is 45.7 Å². The molecule has 1 saturated heterocycles. The van der Waals surface area contributed by atoms with Crippen LogP contribution in [0.4, 0.5) is 0 Å². The Morgan fingerprint density at radius 3 is 2.59 bits per heavy atom. The number of aryl methyl sites for hydroxylation is 1. The predicted octanol–water partition coefficient (Wildman–Crippen LogP) is 3.42. The molecule has 4 heterocycles. The van der Waals surface area contributed by atoms with E-state index in [-0.39, 0.29) is 11.4 Å². The van der Waals surface area contributed by atoms with Crippen LogP contribution in [-0.2, 0) is 16.9 Å². The van der Waals surface area contributed by atoms with E-state index >= 15 is 0 Å². The summed E-state index contributed by atoms with van der Waals surface area (Å²) in [4.78, 5) is 23.6. The number of rotatable bonds is 2. The fourth-order valence-corrected chi connectivity index (χ4v) is 4.49. The van der Waals surface area contributed by atoms with Gasteiger partial charge in [-0.25, -0.2) is 4.98 Å². The first-order chi connectivity index (χ1) is 14.2. The number of likely N-dealkylation sites (tertiary alicyclic amines) is 1. The second kappa shape index (κ2) is 7.12. The minimum atomic E-state index is -0.162. The van der Waals surface area contributed by atoms with Crippen molar-refractivity contribution in [2.45, 2.75) is 31.9 Å². The second-order valence-corrected chi connectivity index (χ2v) is 7.99. The van der Waals surface area contributed by atoms with Gasteiger partial charge in [0.15, 0.2) is 0 Å². The van der Waals surface area contributed by atoms with Gasteiger partial charge < -0.3 is 14.2 Å². The van der Waals surface area contributed by atoms with Crippen LogP contribution in [-0.4, -0.2) is 45.0 Å². The van der Waals surface area contributed by atoms with Crippen LogP contribution in [0.15, 0.2) is 54.9 Å². The summed E-state index contributed by atoms with van der Waals surface area (Å²) in [5.41, 5.74) is 3.89. The average Bonchev–Trinajstić information content (AvgIpc) is 3.21. The van der Waals surface area contributed by atoms with Crippen LogP contribution in [0, 0.1) is 6.92 Å². The van der Waals surface area contributed by atoms with Crippen LogP contribution in [0.25, 0.3) is 11.3 Å². The first-order valence-corrected chi connectivity index (χ1v) is 10.1. The molecule has 1 spiro atoms. The van der Waals surface area contributed by atoms with Gasteiger partial charge in [0.05, 0.1) is 24.0 Å². The van der Waals surface area contributed by atoms with E-state index in [1.165, 1.54) is 11.1 Å². The van der Waals surface area contributed by atoms with Gasteiger partial charge in [-0.1, -0.05) is 35.9 Å². The number of hydrogen-bond acceptors (Lipinski definition) is 4. The molecule has 2 aliphatic rings. The zero-order valence-electron chi connectivity index (χ0n) is 16.5. The van der Waals surface area contributed by atoms with Crippen molar-refractivity contribution in [1.29, 1.82) is 0 Å². The van der Waals surface area contributed by atoms with Crippen LogP contribution in [0.2, 0.25) is 0 Å². The van der Waals surface area contributed by atoms with E-state index in [1.807, 2.05) is 23.2 Å². The first-order valence-electron chi connectivity index (χ1n) is 10.1. The molecule has 2 aromatic heterocycles. The first kappa shape index (κ1) is 18.1. The van der Waals surface area contributed by atoms with Crippen molar-refractivity contribution in [1.82, 2.24) is 19.4 Å². The van der Waals surface area contributed by atoms with Crippen LogP contribution in [0.1, 0.15) is 34.7 Å². The average molecular weight is 388 g/mol. The van der Waals surface area contributed by atoms with E-state index in [0.29, 0.717) is 32.0 Å². The maximum Gasteiger partial charge on any atom is 0.272 e. The van der Waals surface area contributed by atoms with Gasteiger partial charge in [-0.2, -0.15) is 0 Å². The lowest BCUT2D eigenvalue weighted by Gasteiger charge is -2.46. The Morgan fingerprint density at radius 1 is 1.07 bits per heavy atom. The van der Waals surface area contributed by atoms with Crippen molar-refractivity contribution in [3.63, 3.8) is 0 Å². The highest BCUT2D eigenvalue weighted by Crippen LogP contribution is 2.39. The molecule has 1 fully saturated rings. The molecule has 0 radical (unpaired) electrons. The minimum Gasteiger partial charge on any atom is -0.371 e. The Morgan fingerprint density at radius 2 is 1.86 bits per heavy atom.